The number of amides is 1. The Morgan fingerprint density at radius 2 is 1.67 bits per heavy atom. The molecule has 3 aromatic carbocycles. The number of nitrogens with one attached hydrogen (secondary N) is 1. The Morgan fingerprint density at radius 3 is 2.39 bits per heavy atom. The number of anilines is 1. The lowest BCUT2D eigenvalue weighted by Crippen LogP contribution is -2.47. The molecule has 4 aliphatic rings. The van der Waals surface area contributed by atoms with Gasteiger partial charge in [0.15, 0.2) is 0 Å². The molecule has 1 amide bonds. The highest BCUT2D eigenvalue weighted by Crippen LogP contribution is 2.44. The van der Waals surface area contributed by atoms with E-state index in [1.807, 2.05) is 35.1 Å². The van der Waals surface area contributed by atoms with Gasteiger partial charge in [-0.25, -0.2) is 18.1 Å². The summed E-state index contributed by atoms with van der Waals surface area (Å²) in [5.74, 6) is -1.24. The quantitative estimate of drug-likeness (QED) is 0.143. The zero-order chi connectivity index (χ0) is 45.4. The zero-order valence-electron chi connectivity index (χ0n) is 36.6. The fourth-order valence-corrected chi connectivity index (χ4v) is 10.5. The molecule has 0 radical (unpaired) electrons. The second-order valence-corrected chi connectivity index (χ2v) is 21.0. The third kappa shape index (κ3) is 10.7. The number of sulfonamides is 1. The first kappa shape index (κ1) is 45.9. The number of fused-ring (bicyclic) bond motifs is 1. The molecule has 0 bridgehead atoms. The molecule has 1 saturated heterocycles. The van der Waals surface area contributed by atoms with Crippen LogP contribution in [0.25, 0.3) is 5.57 Å². The van der Waals surface area contributed by atoms with E-state index in [4.69, 9.17) is 21.1 Å². The van der Waals surface area contributed by atoms with Crippen LogP contribution in [0.1, 0.15) is 105 Å². The standard InChI is InChI=1S/C49H56ClF3N4O6S/c1-47(2)19-18-35(41(28-47)34-10-12-36(50)13-11-34)30-56-22-24-57(25-23-56)37-14-15-40(44(26-37)63-43-9-5-7-33-6-4-8-39(33)43)45(58)55-64(60,61)38-27-42(49(51,52)53)46(54-29-38)62-31-32-16-20-48(3,59)21-17-32/h5,7,9-15,26-27,29,32,59H,4,6,8,16-25,28,30-31H2,1-3H3,(H,55,58)/t32-,48-. The number of ether oxygens (including phenoxy) is 2. The highest BCUT2D eigenvalue weighted by molar-refractivity contribution is 7.90. The Kier molecular flexibility index (Phi) is 13.2. The molecule has 0 spiro atoms. The summed E-state index contributed by atoms with van der Waals surface area (Å²) in [6.07, 6.45) is 3.62. The minimum atomic E-state index is -5.00. The molecule has 0 atom stereocenters. The second-order valence-electron chi connectivity index (χ2n) is 18.9. The van der Waals surface area contributed by atoms with Crippen molar-refractivity contribution in [1.29, 1.82) is 0 Å². The summed E-state index contributed by atoms with van der Waals surface area (Å²) in [7, 11) is -4.86. The van der Waals surface area contributed by atoms with E-state index in [2.05, 4.69) is 40.8 Å². The number of hydrogen-bond donors (Lipinski definition) is 2. The average molecular weight is 922 g/mol. The van der Waals surface area contributed by atoms with Gasteiger partial charge in [0.25, 0.3) is 15.9 Å². The number of aromatic nitrogens is 1. The molecule has 1 saturated carbocycles. The van der Waals surface area contributed by atoms with Gasteiger partial charge in [0.2, 0.25) is 5.88 Å². The monoisotopic (exact) mass is 920 g/mol. The van der Waals surface area contributed by atoms with Gasteiger partial charge in [-0.2, -0.15) is 13.2 Å². The summed E-state index contributed by atoms with van der Waals surface area (Å²) >= 11 is 6.24. The maximum absolute atomic E-state index is 14.3. The van der Waals surface area contributed by atoms with Crippen LogP contribution in [0.4, 0.5) is 18.9 Å². The van der Waals surface area contributed by atoms with Gasteiger partial charge < -0.3 is 19.5 Å². The lowest BCUT2D eigenvalue weighted by atomic mass is 9.72. The van der Waals surface area contributed by atoms with Crippen molar-refractivity contribution >= 4 is 38.8 Å². The molecule has 1 aliphatic heterocycles. The van der Waals surface area contributed by atoms with Gasteiger partial charge in [-0.3, -0.25) is 9.69 Å². The van der Waals surface area contributed by atoms with Gasteiger partial charge in [-0.1, -0.05) is 55.3 Å². The first-order valence-corrected chi connectivity index (χ1v) is 24.1. The number of aliphatic hydroxyl groups is 1. The van der Waals surface area contributed by atoms with Crippen molar-refractivity contribution in [3.05, 3.63) is 111 Å². The van der Waals surface area contributed by atoms with E-state index in [9.17, 15) is 31.5 Å². The zero-order valence-corrected chi connectivity index (χ0v) is 38.1. The van der Waals surface area contributed by atoms with Crippen LogP contribution in [-0.4, -0.2) is 74.2 Å². The van der Waals surface area contributed by atoms with E-state index in [-0.39, 0.29) is 29.3 Å². The summed E-state index contributed by atoms with van der Waals surface area (Å²) in [5.41, 5.74) is 4.91. The van der Waals surface area contributed by atoms with Crippen molar-refractivity contribution in [1.82, 2.24) is 14.6 Å². The lowest BCUT2D eigenvalue weighted by molar-refractivity contribution is -0.139. The SMILES string of the molecule is CC1(C)CCC(CN2CCN(c3ccc(C(=O)NS(=O)(=O)c4cnc(OC[C@H]5CC[C@](C)(O)CC5)c(C(F)(F)F)c4)c(Oc4cccc5c4CCC5)c3)CC2)=C(c2ccc(Cl)cc2)C1. The molecule has 0 unspecified atom stereocenters. The maximum Gasteiger partial charge on any atom is 0.421 e. The summed E-state index contributed by atoms with van der Waals surface area (Å²) in [6.45, 7) is 10.2. The molecule has 1 aromatic heterocycles. The van der Waals surface area contributed by atoms with E-state index in [0.717, 1.165) is 81.2 Å². The van der Waals surface area contributed by atoms with E-state index in [0.29, 0.717) is 55.6 Å². The molecule has 2 fully saturated rings. The van der Waals surface area contributed by atoms with Crippen LogP contribution in [0.2, 0.25) is 5.02 Å². The van der Waals surface area contributed by atoms with Crippen LogP contribution < -0.4 is 19.1 Å². The Bertz CT molecular complexity index is 2510. The van der Waals surface area contributed by atoms with E-state index >= 15 is 0 Å². The maximum atomic E-state index is 14.3. The summed E-state index contributed by atoms with van der Waals surface area (Å²) in [5, 5.41) is 11.0. The van der Waals surface area contributed by atoms with Crippen molar-refractivity contribution in [2.24, 2.45) is 11.3 Å². The summed E-state index contributed by atoms with van der Waals surface area (Å²) in [6, 6.07) is 19.3. The fourth-order valence-electron chi connectivity index (χ4n) is 9.47. The van der Waals surface area contributed by atoms with Crippen LogP contribution in [0.15, 0.2) is 83.4 Å². The van der Waals surface area contributed by atoms with Crippen molar-refractivity contribution in [2.45, 2.75) is 102 Å². The smallest absolute Gasteiger partial charge is 0.421 e. The number of piperazine rings is 1. The molecular weight excluding hydrogens is 865 g/mol. The van der Waals surface area contributed by atoms with Gasteiger partial charge in [-0.05, 0) is 141 Å². The van der Waals surface area contributed by atoms with Crippen LogP contribution in [-0.2, 0) is 29.0 Å². The van der Waals surface area contributed by atoms with Gasteiger partial charge in [0, 0.05) is 49.5 Å². The number of carbonyl (C=O) groups is 1. The molecule has 4 aromatic rings. The normalized spacial score (nSPS) is 21.7. The average Bonchev–Trinajstić information content (AvgIpc) is 3.74. The van der Waals surface area contributed by atoms with Gasteiger partial charge in [0.1, 0.15) is 22.0 Å². The summed E-state index contributed by atoms with van der Waals surface area (Å²) < 4.78 is 84.3. The minimum absolute atomic E-state index is 0.0725. The topological polar surface area (TPSA) is 121 Å². The van der Waals surface area contributed by atoms with Gasteiger partial charge in [-0.15, -0.1) is 0 Å². The van der Waals surface area contributed by atoms with Crippen molar-refractivity contribution in [3.63, 3.8) is 0 Å². The first-order chi connectivity index (χ1) is 30.3. The molecule has 3 aliphatic carbocycles. The number of rotatable bonds is 12. The van der Waals surface area contributed by atoms with Crippen LogP contribution in [0.5, 0.6) is 17.4 Å². The number of halogens is 4. The number of pyridine rings is 1. The Labute approximate surface area is 378 Å². The number of nitrogens with zero attached hydrogens (tertiary/aromatic N) is 3. The predicted octanol–water partition coefficient (Wildman–Crippen LogP) is 10.3. The third-order valence-electron chi connectivity index (χ3n) is 13.4. The van der Waals surface area contributed by atoms with Crippen LogP contribution >= 0.6 is 11.6 Å². The molecule has 64 heavy (non-hydrogen) atoms. The highest BCUT2D eigenvalue weighted by atomic mass is 35.5. The number of aryl methyl sites for hydroxylation is 1. The first-order valence-electron chi connectivity index (χ1n) is 22.2. The third-order valence-corrected chi connectivity index (χ3v) is 14.9. The Morgan fingerprint density at radius 1 is 0.938 bits per heavy atom. The number of allylic oxidation sites excluding steroid dienone is 1. The highest BCUT2D eigenvalue weighted by Gasteiger charge is 2.38. The molecule has 10 nitrogen and oxygen atoms in total. The van der Waals surface area contributed by atoms with Crippen molar-refractivity contribution < 1.29 is 41.0 Å². The van der Waals surface area contributed by atoms with Crippen molar-refractivity contribution in [3.8, 4) is 17.4 Å². The molecule has 2 heterocycles. The van der Waals surface area contributed by atoms with Crippen molar-refractivity contribution in [2.75, 3.05) is 44.2 Å². The Balaban J connectivity index is 1.00. The molecule has 15 heteroatoms. The van der Waals surface area contributed by atoms with E-state index < -0.39 is 44.0 Å². The van der Waals surface area contributed by atoms with Gasteiger partial charge in [0.05, 0.1) is 24.0 Å². The molecule has 342 valence electrons. The predicted molar refractivity (Wildman–Crippen MR) is 242 cm³/mol. The number of hydrogen-bond acceptors (Lipinski definition) is 9. The second kappa shape index (κ2) is 18.3. The Hall–Kier alpha value is -4.63. The van der Waals surface area contributed by atoms with E-state index in [1.165, 1.54) is 22.8 Å². The van der Waals surface area contributed by atoms with E-state index in [1.54, 1.807) is 19.1 Å². The number of carbonyl (C=O) groups excluding carboxylic acids is 1. The van der Waals surface area contributed by atoms with Gasteiger partial charge >= 0.3 is 6.18 Å². The minimum Gasteiger partial charge on any atom is -0.477 e. The molecular formula is C49H56ClF3N4O6S. The lowest BCUT2D eigenvalue weighted by Gasteiger charge is -2.39. The number of benzene rings is 3. The number of alkyl halides is 3. The van der Waals surface area contributed by atoms with Crippen LogP contribution in [0, 0.1) is 11.3 Å². The van der Waals surface area contributed by atoms with Crippen LogP contribution in [0.3, 0.4) is 0 Å². The molecule has 8 rings (SSSR count). The molecule has 2 N–H and O–H groups in total. The summed E-state index contributed by atoms with van der Waals surface area (Å²) in [4.78, 5) is 21.6. The fraction of sp³-hybridized carbons (Fsp3) is 0.469. The largest absolute Gasteiger partial charge is 0.477 e.